The van der Waals surface area contributed by atoms with E-state index in [0.717, 1.165) is 5.56 Å². The monoisotopic (exact) mass is 265 g/mol. The number of benzene rings is 1. The molecule has 1 aromatic rings. The topological polar surface area (TPSA) is 59.0 Å². The molecule has 1 amide bonds. The summed E-state index contributed by atoms with van der Waals surface area (Å²) in [6, 6.07) is 9.53. The van der Waals surface area contributed by atoms with Gasteiger partial charge in [0.25, 0.3) is 0 Å². The Hall–Kier alpha value is -1.59. The van der Waals surface area contributed by atoms with Gasteiger partial charge in [-0.3, -0.25) is 4.90 Å². The number of carboxylic acid groups (broad SMARTS) is 1. The first kappa shape index (κ1) is 13.8. The number of hydrogen-bond donors (Lipinski definition) is 1. The van der Waals surface area contributed by atoms with Crippen LogP contribution in [0.15, 0.2) is 30.3 Å². The van der Waals surface area contributed by atoms with Gasteiger partial charge in [-0.15, -0.1) is 0 Å². The third-order valence-electron chi connectivity index (χ3n) is 3.25. The van der Waals surface area contributed by atoms with Crippen molar-refractivity contribution < 1.29 is 19.4 Å². The molecular weight excluding hydrogens is 246 g/mol. The van der Waals surface area contributed by atoms with Crippen LogP contribution in [0.2, 0.25) is 0 Å². The molecule has 2 rings (SSSR count). The third kappa shape index (κ3) is 3.68. The molecule has 5 heteroatoms. The Kier molecular flexibility index (Phi) is 4.76. The van der Waals surface area contributed by atoms with Crippen molar-refractivity contribution in [2.45, 2.75) is 25.4 Å². The summed E-state index contributed by atoms with van der Waals surface area (Å²) < 4.78 is 10.4. The van der Waals surface area contributed by atoms with Gasteiger partial charge in [0.1, 0.15) is 6.79 Å². The van der Waals surface area contributed by atoms with E-state index in [2.05, 4.69) is 0 Å². The summed E-state index contributed by atoms with van der Waals surface area (Å²) in [6.07, 6.45) is -0.244. The van der Waals surface area contributed by atoms with E-state index in [1.54, 1.807) is 0 Å². The fourth-order valence-electron chi connectivity index (χ4n) is 2.39. The highest BCUT2D eigenvalue weighted by Crippen LogP contribution is 2.15. The van der Waals surface area contributed by atoms with Gasteiger partial charge < -0.3 is 14.6 Å². The molecule has 0 radical (unpaired) electrons. The maximum Gasteiger partial charge on any atom is 0.407 e. The summed E-state index contributed by atoms with van der Waals surface area (Å²) in [4.78, 5) is 12.9. The SMILES string of the molecule is CC(Cc1ccccc1)N(C(=O)O)C1COCOC1. The molecule has 19 heavy (non-hydrogen) atoms. The molecule has 0 aliphatic carbocycles. The van der Waals surface area contributed by atoms with E-state index < -0.39 is 6.09 Å². The fourth-order valence-corrected chi connectivity index (χ4v) is 2.39. The van der Waals surface area contributed by atoms with Gasteiger partial charge >= 0.3 is 6.09 Å². The molecule has 1 heterocycles. The number of ether oxygens (including phenoxy) is 2. The first-order valence-electron chi connectivity index (χ1n) is 6.39. The van der Waals surface area contributed by atoms with Crippen molar-refractivity contribution in [1.82, 2.24) is 4.90 Å². The molecule has 1 unspecified atom stereocenters. The van der Waals surface area contributed by atoms with E-state index in [9.17, 15) is 9.90 Å². The highest BCUT2D eigenvalue weighted by Gasteiger charge is 2.30. The molecule has 1 aliphatic rings. The Labute approximate surface area is 112 Å². The molecule has 5 nitrogen and oxygen atoms in total. The quantitative estimate of drug-likeness (QED) is 0.904. The van der Waals surface area contributed by atoms with Gasteiger partial charge in [-0.05, 0) is 18.9 Å². The molecule has 0 spiro atoms. The summed E-state index contributed by atoms with van der Waals surface area (Å²) in [6.45, 7) is 2.95. The lowest BCUT2D eigenvalue weighted by Gasteiger charge is -2.36. The second-order valence-electron chi connectivity index (χ2n) is 4.74. The van der Waals surface area contributed by atoms with Crippen molar-refractivity contribution in [3.63, 3.8) is 0 Å². The van der Waals surface area contributed by atoms with Crippen LogP contribution in [-0.2, 0) is 15.9 Å². The summed E-state index contributed by atoms with van der Waals surface area (Å²) >= 11 is 0. The normalized spacial score (nSPS) is 17.9. The van der Waals surface area contributed by atoms with Crippen molar-refractivity contribution in [3.8, 4) is 0 Å². The maximum absolute atomic E-state index is 11.4. The summed E-state index contributed by atoms with van der Waals surface area (Å²) in [7, 11) is 0. The van der Waals surface area contributed by atoms with Crippen molar-refractivity contribution in [3.05, 3.63) is 35.9 Å². The highest BCUT2D eigenvalue weighted by molar-refractivity contribution is 5.66. The fraction of sp³-hybridized carbons (Fsp3) is 0.500. The lowest BCUT2D eigenvalue weighted by Crippen LogP contribution is -2.52. The molecule has 0 bridgehead atoms. The van der Waals surface area contributed by atoms with E-state index in [0.29, 0.717) is 19.6 Å². The third-order valence-corrected chi connectivity index (χ3v) is 3.25. The number of carbonyl (C=O) groups is 1. The van der Waals surface area contributed by atoms with Crippen LogP contribution < -0.4 is 0 Å². The van der Waals surface area contributed by atoms with Crippen LogP contribution in [0.1, 0.15) is 12.5 Å². The van der Waals surface area contributed by atoms with Crippen LogP contribution in [0.4, 0.5) is 4.79 Å². The second-order valence-corrected chi connectivity index (χ2v) is 4.74. The van der Waals surface area contributed by atoms with Crippen LogP contribution in [-0.4, -0.2) is 48.2 Å². The number of hydrogen-bond acceptors (Lipinski definition) is 3. The van der Waals surface area contributed by atoms with Gasteiger partial charge in [0.05, 0.1) is 19.3 Å². The molecule has 0 saturated carbocycles. The van der Waals surface area contributed by atoms with Crippen LogP contribution >= 0.6 is 0 Å². The average molecular weight is 265 g/mol. The molecule has 1 aromatic carbocycles. The lowest BCUT2D eigenvalue weighted by molar-refractivity contribution is -0.134. The summed E-state index contributed by atoms with van der Waals surface area (Å²) in [5.41, 5.74) is 1.12. The zero-order chi connectivity index (χ0) is 13.7. The van der Waals surface area contributed by atoms with Gasteiger partial charge in [-0.1, -0.05) is 30.3 Å². The summed E-state index contributed by atoms with van der Waals surface area (Å²) in [5, 5.41) is 9.39. The molecule has 1 aliphatic heterocycles. The van der Waals surface area contributed by atoms with Crippen molar-refractivity contribution in [1.29, 1.82) is 0 Å². The van der Waals surface area contributed by atoms with E-state index in [1.165, 1.54) is 4.90 Å². The molecule has 104 valence electrons. The Morgan fingerprint density at radius 2 is 2.00 bits per heavy atom. The van der Waals surface area contributed by atoms with Crippen molar-refractivity contribution in [2.24, 2.45) is 0 Å². The Balaban J connectivity index is 2.03. The molecule has 1 fully saturated rings. The van der Waals surface area contributed by atoms with E-state index in [4.69, 9.17) is 9.47 Å². The highest BCUT2D eigenvalue weighted by atomic mass is 16.7. The molecule has 0 aromatic heterocycles. The average Bonchev–Trinajstić information content (AvgIpc) is 2.40. The zero-order valence-corrected chi connectivity index (χ0v) is 11.0. The predicted octanol–water partition coefficient (Wildman–Crippen LogP) is 1.97. The molecule has 1 N–H and O–H groups in total. The van der Waals surface area contributed by atoms with Gasteiger partial charge in [-0.2, -0.15) is 0 Å². The molecule has 1 atom stereocenters. The van der Waals surface area contributed by atoms with Crippen LogP contribution in [0.25, 0.3) is 0 Å². The lowest BCUT2D eigenvalue weighted by atomic mass is 10.0. The van der Waals surface area contributed by atoms with Gasteiger partial charge in [-0.25, -0.2) is 4.79 Å². The Morgan fingerprint density at radius 3 is 2.58 bits per heavy atom. The van der Waals surface area contributed by atoms with Gasteiger partial charge in [0.2, 0.25) is 0 Å². The van der Waals surface area contributed by atoms with E-state index in [-0.39, 0.29) is 18.9 Å². The second kappa shape index (κ2) is 6.54. The minimum absolute atomic E-state index is 0.116. The van der Waals surface area contributed by atoms with E-state index >= 15 is 0 Å². The smallest absolute Gasteiger partial charge is 0.407 e. The predicted molar refractivity (Wildman–Crippen MR) is 70.0 cm³/mol. The minimum atomic E-state index is -0.928. The molecule has 1 saturated heterocycles. The summed E-state index contributed by atoms with van der Waals surface area (Å²) in [5.74, 6) is 0. The minimum Gasteiger partial charge on any atom is -0.465 e. The van der Waals surface area contributed by atoms with Gasteiger partial charge in [0.15, 0.2) is 0 Å². The van der Waals surface area contributed by atoms with Gasteiger partial charge in [0, 0.05) is 6.04 Å². The number of nitrogens with zero attached hydrogens (tertiary/aromatic N) is 1. The Bertz CT molecular complexity index is 403. The van der Waals surface area contributed by atoms with E-state index in [1.807, 2.05) is 37.3 Å². The first-order chi connectivity index (χ1) is 9.18. The largest absolute Gasteiger partial charge is 0.465 e. The van der Waals surface area contributed by atoms with Crippen molar-refractivity contribution in [2.75, 3.05) is 20.0 Å². The zero-order valence-electron chi connectivity index (χ0n) is 11.0. The maximum atomic E-state index is 11.4. The number of amides is 1. The van der Waals surface area contributed by atoms with Crippen LogP contribution in [0.3, 0.4) is 0 Å². The van der Waals surface area contributed by atoms with Crippen LogP contribution in [0.5, 0.6) is 0 Å². The Morgan fingerprint density at radius 1 is 1.37 bits per heavy atom. The first-order valence-corrected chi connectivity index (χ1v) is 6.39. The standard InChI is InChI=1S/C14H19NO4/c1-11(7-12-5-3-2-4-6-12)15(14(16)17)13-8-18-10-19-9-13/h2-6,11,13H,7-10H2,1H3,(H,16,17). The molecular formula is C14H19NO4. The number of rotatable bonds is 4. The van der Waals surface area contributed by atoms with Crippen molar-refractivity contribution >= 4 is 6.09 Å². The van der Waals surface area contributed by atoms with Crippen LogP contribution in [0, 0.1) is 0 Å².